The number of thioether (sulfide) groups is 1. The molecule has 1 unspecified atom stereocenters. The van der Waals surface area contributed by atoms with Crippen molar-refractivity contribution in [3.05, 3.63) is 35.4 Å². The fourth-order valence-corrected chi connectivity index (χ4v) is 2.50. The van der Waals surface area contributed by atoms with Crippen LogP contribution in [0.5, 0.6) is 0 Å². The second-order valence-electron chi connectivity index (χ2n) is 4.59. The second kappa shape index (κ2) is 6.09. The Bertz CT molecular complexity index is 340. The van der Waals surface area contributed by atoms with Crippen molar-refractivity contribution in [2.45, 2.75) is 39.4 Å². The van der Waals surface area contributed by atoms with Crippen molar-refractivity contribution < 1.29 is 4.79 Å². The van der Waals surface area contributed by atoms with E-state index in [0.717, 1.165) is 6.42 Å². The minimum absolute atomic E-state index is 0.179. The highest BCUT2D eigenvalue weighted by molar-refractivity contribution is 8.13. The molecule has 0 aliphatic heterocycles. The lowest BCUT2D eigenvalue weighted by atomic mass is 10.0. The molecule has 0 heterocycles. The Morgan fingerprint density at radius 1 is 1.19 bits per heavy atom. The first-order chi connectivity index (χ1) is 7.49. The lowest BCUT2D eigenvalue weighted by Gasteiger charge is -2.11. The highest BCUT2D eigenvalue weighted by Gasteiger charge is 2.08. The minimum Gasteiger partial charge on any atom is -0.288 e. The minimum atomic E-state index is 0.179. The van der Waals surface area contributed by atoms with Crippen LogP contribution in [0.25, 0.3) is 0 Å². The van der Waals surface area contributed by atoms with Gasteiger partial charge in [-0.05, 0) is 30.4 Å². The number of hydrogen-bond acceptors (Lipinski definition) is 2. The molecule has 88 valence electrons. The Morgan fingerprint density at radius 2 is 1.75 bits per heavy atom. The molecule has 0 saturated carbocycles. The SMILES string of the molecule is CC(=O)SC(C)c1ccc(CC(C)C)cc1. The maximum absolute atomic E-state index is 11.0. The summed E-state index contributed by atoms with van der Waals surface area (Å²) in [6, 6.07) is 8.62. The predicted octanol–water partition coefficient (Wildman–Crippen LogP) is 4.23. The Hall–Kier alpha value is -0.760. The number of benzene rings is 1. The van der Waals surface area contributed by atoms with Crippen molar-refractivity contribution in [3.63, 3.8) is 0 Å². The Kier molecular flexibility index (Phi) is 5.07. The van der Waals surface area contributed by atoms with Crippen molar-refractivity contribution in [1.82, 2.24) is 0 Å². The average molecular weight is 236 g/mol. The molecule has 0 amide bonds. The maximum atomic E-state index is 11.0. The van der Waals surface area contributed by atoms with Gasteiger partial charge >= 0.3 is 0 Å². The standard InChI is InChI=1S/C14H20OS/c1-10(2)9-13-5-7-14(8-6-13)11(3)16-12(4)15/h5-8,10-11H,9H2,1-4H3. The third kappa shape index (κ3) is 4.40. The Morgan fingerprint density at radius 3 is 2.19 bits per heavy atom. The molecule has 1 atom stereocenters. The molecule has 0 N–H and O–H groups in total. The van der Waals surface area contributed by atoms with Gasteiger partial charge in [0.1, 0.15) is 0 Å². The van der Waals surface area contributed by atoms with Crippen LogP contribution in [0.3, 0.4) is 0 Å². The Labute approximate surface area is 103 Å². The van der Waals surface area contributed by atoms with Crippen LogP contribution in [0, 0.1) is 5.92 Å². The van der Waals surface area contributed by atoms with E-state index in [1.54, 1.807) is 6.92 Å². The van der Waals surface area contributed by atoms with Gasteiger partial charge in [-0.3, -0.25) is 4.79 Å². The van der Waals surface area contributed by atoms with Gasteiger partial charge in [0.25, 0.3) is 0 Å². The molecule has 1 rings (SSSR count). The zero-order valence-corrected chi connectivity index (χ0v) is 11.3. The van der Waals surface area contributed by atoms with Gasteiger partial charge in [-0.2, -0.15) is 0 Å². The third-order valence-electron chi connectivity index (χ3n) is 2.44. The van der Waals surface area contributed by atoms with E-state index in [0.29, 0.717) is 5.92 Å². The van der Waals surface area contributed by atoms with Gasteiger partial charge in [0.05, 0.1) is 0 Å². The molecule has 0 aliphatic carbocycles. The van der Waals surface area contributed by atoms with Gasteiger partial charge in [0, 0.05) is 12.2 Å². The van der Waals surface area contributed by atoms with E-state index >= 15 is 0 Å². The van der Waals surface area contributed by atoms with E-state index in [-0.39, 0.29) is 10.4 Å². The van der Waals surface area contributed by atoms with Crippen LogP contribution in [0.2, 0.25) is 0 Å². The van der Waals surface area contributed by atoms with Crippen molar-refractivity contribution in [3.8, 4) is 0 Å². The van der Waals surface area contributed by atoms with E-state index in [1.807, 2.05) is 0 Å². The summed E-state index contributed by atoms with van der Waals surface area (Å²) in [6.07, 6.45) is 1.12. The lowest BCUT2D eigenvalue weighted by Crippen LogP contribution is -1.96. The number of carbonyl (C=O) groups excluding carboxylic acids is 1. The normalized spacial score (nSPS) is 12.8. The van der Waals surface area contributed by atoms with E-state index in [1.165, 1.54) is 22.9 Å². The molecular weight excluding hydrogens is 216 g/mol. The van der Waals surface area contributed by atoms with Gasteiger partial charge in [0.15, 0.2) is 5.12 Å². The average Bonchev–Trinajstić information content (AvgIpc) is 2.16. The van der Waals surface area contributed by atoms with Crippen LogP contribution in [0.15, 0.2) is 24.3 Å². The molecule has 2 heteroatoms. The van der Waals surface area contributed by atoms with Gasteiger partial charge < -0.3 is 0 Å². The van der Waals surface area contributed by atoms with Crippen LogP contribution in [0.4, 0.5) is 0 Å². The molecule has 1 aromatic rings. The van der Waals surface area contributed by atoms with Gasteiger partial charge in [-0.15, -0.1) is 0 Å². The summed E-state index contributed by atoms with van der Waals surface area (Å²) in [5.74, 6) is 0.690. The van der Waals surface area contributed by atoms with Crippen LogP contribution in [0.1, 0.15) is 44.1 Å². The van der Waals surface area contributed by atoms with Crippen LogP contribution < -0.4 is 0 Å². The molecule has 0 fully saturated rings. The van der Waals surface area contributed by atoms with Crippen LogP contribution in [-0.4, -0.2) is 5.12 Å². The summed E-state index contributed by atoms with van der Waals surface area (Å²) in [4.78, 5) is 11.0. The topological polar surface area (TPSA) is 17.1 Å². The van der Waals surface area contributed by atoms with Crippen LogP contribution >= 0.6 is 11.8 Å². The van der Waals surface area contributed by atoms with Crippen molar-refractivity contribution in [2.75, 3.05) is 0 Å². The van der Waals surface area contributed by atoms with Gasteiger partial charge in [0.2, 0.25) is 0 Å². The molecule has 0 aromatic heterocycles. The smallest absolute Gasteiger partial charge is 0.186 e. The molecule has 0 spiro atoms. The molecule has 1 aromatic carbocycles. The largest absolute Gasteiger partial charge is 0.288 e. The molecule has 0 radical (unpaired) electrons. The van der Waals surface area contributed by atoms with Crippen LogP contribution in [-0.2, 0) is 11.2 Å². The summed E-state index contributed by atoms with van der Waals surface area (Å²) < 4.78 is 0. The molecule has 16 heavy (non-hydrogen) atoms. The first-order valence-electron chi connectivity index (χ1n) is 5.75. The second-order valence-corrected chi connectivity index (χ2v) is 6.11. The number of hydrogen-bond donors (Lipinski definition) is 0. The fourth-order valence-electron chi connectivity index (χ4n) is 1.71. The molecular formula is C14H20OS. The summed E-state index contributed by atoms with van der Waals surface area (Å²) in [6.45, 7) is 8.14. The fraction of sp³-hybridized carbons (Fsp3) is 0.500. The molecule has 0 bridgehead atoms. The molecule has 0 saturated heterocycles. The summed E-state index contributed by atoms with van der Waals surface area (Å²) in [7, 11) is 0. The monoisotopic (exact) mass is 236 g/mol. The van der Waals surface area contributed by atoms with E-state index in [4.69, 9.17) is 0 Å². The first-order valence-corrected chi connectivity index (χ1v) is 6.63. The zero-order chi connectivity index (χ0) is 12.1. The predicted molar refractivity (Wildman–Crippen MR) is 71.7 cm³/mol. The maximum Gasteiger partial charge on any atom is 0.186 e. The lowest BCUT2D eigenvalue weighted by molar-refractivity contribution is -0.109. The van der Waals surface area contributed by atoms with E-state index in [2.05, 4.69) is 45.0 Å². The van der Waals surface area contributed by atoms with E-state index in [9.17, 15) is 4.79 Å². The summed E-state index contributed by atoms with van der Waals surface area (Å²) in [5, 5.41) is 0.435. The van der Waals surface area contributed by atoms with Crippen molar-refractivity contribution >= 4 is 16.9 Å². The quantitative estimate of drug-likeness (QED) is 0.778. The molecule has 1 nitrogen and oxygen atoms in total. The zero-order valence-electron chi connectivity index (χ0n) is 10.5. The number of carbonyl (C=O) groups is 1. The highest BCUT2D eigenvalue weighted by atomic mass is 32.2. The highest BCUT2D eigenvalue weighted by Crippen LogP contribution is 2.28. The summed E-state index contributed by atoms with van der Waals surface area (Å²) >= 11 is 1.39. The third-order valence-corrected chi connectivity index (χ3v) is 3.39. The first kappa shape index (κ1) is 13.3. The number of rotatable bonds is 4. The Balaban J connectivity index is 2.66. The van der Waals surface area contributed by atoms with Gasteiger partial charge in [-0.25, -0.2) is 0 Å². The summed E-state index contributed by atoms with van der Waals surface area (Å²) in [5.41, 5.74) is 2.60. The van der Waals surface area contributed by atoms with Gasteiger partial charge in [-0.1, -0.05) is 49.9 Å². The van der Waals surface area contributed by atoms with Crippen molar-refractivity contribution in [1.29, 1.82) is 0 Å². The van der Waals surface area contributed by atoms with Crippen molar-refractivity contribution in [2.24, 2.45) is 5.92 Å². The molecule has 0 aliphatic rings. The van der Waals surface area contributed by atoms with E-state index < -0.39 is 0 Å².